The molecule has 0 radical (unpaired) electrons. The van der Waals surface area contributed by atoms with Gasteiger partial charge in [-0.3, -0.25) is 4.79 Å². The Bertz CT molecular complexity index is 652. The van der Waals surface area contributed by atoms with Crippen LogP contribution in [0.1, 0.15) is 31.3 Å². The molecule has 0 aliphatic carbocycles. The monoisotopic (exact) mass is 302 g/mol. The molecular formula is C17H18O5. The first kappa shape index (κ1) is 15.8. The Labute approximate surface area is 128 Å². The third-order valence-electron chi connectivity index (χ3n) is 3.02. The number of hydrogen-bond acceptors (Lipinski definition) is 5. The zero-order valence-electron chi connectivity index (χ0n) is 12.8. The fourth-order valence-corrected chi connectivity index (χ4v) is 1.90. The van der Waals surface area contributed by atoms with Gasteiger partial charge in [0.05, 0.1) is 6.61 Å². The average molecular weight is 302 g/mol. The third-order valence-corrected chi connectivity index (χ3v) is 3.02. The van der Waals surface area contributed by atoms with Gasteiger partial charge in [-0.15, -0.1) is 0 Å². The maximum Gasteiger partial charge on any atom is 0.349 e. The van der Waals surface area contributed by atoms with E-state index in [1.807, 2.05) is 0 Å². The van der Waals surface area contributed by atoms with Crippen molar-refractivity contribution in [3.63, 3.8) is 0 Å². The van der Waals surface area contributed by atoms with E-state index in [-0.39, 0.29) is 5.76 Å². The summed E-state index contributed by atoms with van der Waals surface area (Å²) in [7, 11) is 0. The SMILES string of the molecule is CCOC(=O)C(C)(C)Oc1ccc(-c2ccc(C=O)o2)cc1. The molecule has 0 fully saturated rings. The largest absolute Gasteiger partial charge is 0.476 e. The van der Waals surface area contributed by atoms with Crippen LogP contribution in [0.2, 0.25) is 0 Å². The lowest BCUT2D eigenvalue weighted by atomic mass is 10.1. The first-order chi connectivity index (χ1) is 10.5. The smallest absolute Gasteiger partial charge is 0.349 e. The van der Waals surface area contributed by atoms with Crippen LogP contribution in [0.4, 0.5) is 0 Å². The number of benzene rings is 1. The van der Waals surface area contributed by atoms with Crippen LogP contribution < -0.4 is 4.74 Å². The molecule has 0 atom stereocenters. The Morgan fingerprint density at radius 3 is 2.41 bits per heavy atom. The summed E-state index contributed by atoms with van der Waals surface area (Å²) in [5, 5.41) is 0. The van der Waals surface area contributed by atoms with Gasteiger partial charge in [0.15, 0.2) is 17.6 Å². The fraction of sp³-hybridized carbons (Fsp3) is 0.294. The van der Waals surface area contributed by atoms with Crippen molar-refractivity contribution in [1.29, 1.82) is 0 Å². The summed E-state index contributed by atoms with van der Waals surface area (Å²) in [6.45, 7) is 5.37. The summed E-state index contributed by atoms with van der Waals surface area (Å²) < 4.78 is 16.0. The average Bonchev–Trinajstić information content (AvgIpc) is 2.97. The van der Waals surface area contributed by atoms with Crippen molar-refractivity contribution in [1.82, 2.24) is 0 Å². The van der Waals surface area contributed by atoms with Crippen LogP contribution in [0.3, 0.4) is 0 Å². The highest BCUT2D eigenvalue weighted by Gasteiger charge is 2.31. The molecule has 1 aromatic carbocycles. The van der Waals surface area contributed by atoms with Gasteiger partial charge in [0.2, 0.25) is 0 Å². The number of aldehydes is 1. The molecular weight excluding hydrogens is 284 g/mol. The molecule has 0 aliphatic rings. The van der Waals surface area contributed by atoms with E-state index in [4.69, 9.17) is 13.9 Å². The second-order valence-corrected chi connectivity index (χ2v) is 5.18. The Hall–Kier alpha value is -2.56. The molecule has 5 nitrogen and oxygen atoms in total. The van der Waals surface area contributed by atoms with Gasteiger partial charge in [-0.25, -0.2) is 4.79 Å². The molecule has 0 saturated heterocycles. The van der Waals surface area contributed by atoms with Gasteiger partial charge >= 0.3 is 5.97 Å². The molecule has 2 aromatic rings. The maximum atomic E-state index is 11.8. The summed E-state index contributed by atoms with van der Waals surface area (Å²) in [5.41, 5.74) is -0.248. The molecule has 1 aromatic heterocycles. The minimum atomic E-state index is -1.06. The van der Waals surface area contributed by atoms with Crippen LogP contribution in [0.15, 0.2) is 40.8 Å². The predicted molar refractivity (Wildman–Crippen MR) is 80.9 cm³/mol. The van der Waals surface area contributed by atoms with E-state index in [2.05, 4.69) is 0 Å². The second kappa shape index (κ2) is 6.47. The molecule has 1 heterocycles. The Balaban J connectivity index is 2.11. The van der Waals surface area contributed by atoms with Crippen LogP contribution in [0, 0.1) is 0 Å². The molecule has 116 valence electrons. The number of carbonyl (C=O) groups excluding carboxylic acids is 2. The summed E-state index contributed by atoms with van der Waals surface area (Å²) in [6, 6.07) is 10.4. The molecule has 0 amide bonds. The number of furan rings is 1. The van der Waals surface area contributed by atoms with E-state index in [0.29, 0.717) is 24.4 Å². The maximum absolute atomic E-state index is 11.8. The van der Waals surface area contributed by atoms with Crippen molar-refractivity contribution in [3.05, 3.63) is 42.2 Å². The van der Waals surface area contributed by atoms with E-state index in [1.165, 1.54) is 0 Å². The van der Waals surface area contributed by atoms with Crippen molar-refractivity contribution >= 4 is 12.3 Å². The highest BCUT2D eigenvalue weighted by atomic mass is 16.6. The summed E-state index contributed by atoms with van der Waals surface area (Å²) in [6.07, 6.45) is 0.656. The van der Waals surface area contributed by atoms with Gasteiger partial charge in [-0.05, 0) is 57.2 Å². The molecule has 0 unspecified atom stereocenters. The Morgan fingerprint density at radius 2 is 1.86 bits per heavy atom. The number of carbonyl (C=O) groups is 2. The number of hydrogen-bond donors (Lipinski definition) is 0. The lowest BCUT2D eigenvalue weighted by molar-refractivity contribution is -0.158. The van der Waals surface area contributed by atoms with E-state index >= 15 is 0 Å². The first-order valence-corrected chi connectivity index (χ1v) is 6.98. The summed E-state index contributed by atoms with van der Waals surface area (Å²) in [4.78, 5) is 22.4. The molecule has 0 N–H and O–H groups in total. The minimum Gasteiger partial charge on any atom is -0.476 e. The van der Waals surface area contributed by atoms with E-state index in [0.717, 1.165) is 5.56 Å². The first-order valence-electron chi connectivity index (χ1n) is 6.98. The van der Waals surface area contributed by atoms with Crippen molar-refractivity contribution in [2.45, 2.75) is 26.4 Å². The number of esters is 1. The predicted octanol–water partition coefficient (Wildman–Crippen LogP) is 3.48. The molecule has 0 spiro atoms. The summed E-state index contributed by atoms with van der Waals surface area (Å²) in [5.74, 6) is 1.00. The van der Waals surface area contributed by atoms with Crippen LogP contribution in [0.5, 0.6) is 5.75 Å². The van der Waals surface area contributed by atoms with Crippen LogP contribution in [-0.4, -0.2) is 24.5 Å². The number of rotatable bonds is 6. The Kier molecular flexibility index (Phi) is 4.65. The zero-order valence-corrected chi connectivity index (χ0v) is 12.8. The Morgan fingerprint density at radius 1 is 1.18 bits per heavy atom. The van der Waals surface area contributed by atoms with Gasteiger partial charge < -0.3 is 13.9 Å². The van der Waals surface area contributed by atoms with E-state index in [9.17, 15) is 9.59 Å². The molecule has 22 heavy (non-hydrogen) atoms. The molecule has 5 heteroatoms. The van der Waals surface area contributed by atoms with Gasteiger partial charge in [0, 0.05) is 5.56 Å². The highest BCUT2D eigenvalue weighted by Crippen LogP contribution is 2.26. The van der Waals surface area contributed by atoms with Gasteiger partial charge in [0.1, 0.15) is 11.5 Å². The van der Waals surface area contributed by atoms with Gasteiger partial charge in [-0.2, -0.15) is 0 Å². The quantitative estimate of drug-likeness (QED) is 0.603. The van der Waals surface area contributed by atoms with Crippen molar-refractivity contribution < 1.29 is 23.5 Å². The normalized spacial score (nSPS) is 11.0. The minimum absolute atomic E-state index is 0.277. The van der Waals surface area contributed by atoms with Crippen LogP contribution in [0.25, 0.3) is 11.3 Å². The molecule has 0 aliphatic heterocycles. The van der Waals surface area contributed by atoms with E-state index < -0.39 is 11.6 Å². The van der Waals surface area contributed by atoms with Gasteiger partial charge in [-0.1, -0.05) is 0 Å². The highest BCUT2D eigenvalue weighted by molar-refractivity contribution is 5.79. The van der Waals surface area contributed by atoms with Crippen molar-refractivity contribution in [2.24, 2.45) is 0 Å². The molecule has 2 rings (SSSR count). The van der Waals surface area contributed by atoms with Crippen molar-refractivity contribution in [3.8, 4) is 17.1 Å². The number of ether oxygens (including phenoxy) is 2. The zero-order chi connectivity index (χ0) is 16.2. The van der Waals surface area contributed by atoms with Crippen LogP contribution >= 0.6 is 0 Å². The van der Waals surface area contributed by atoms with Crippen molar-refractivity contribution in [2.75, 3.05) is 6.61 Å². The van der Waals surface area contributed by atoms with Gasteiger partial charge in [0.25, 0.3) is 0 Å². The lowest BCUT2D eigenvalue weighted by Crippen LogP contribution is -2.39. The fourth-order valence-electron chi connectivity index (χ4n) is 1.90. The third kappa shape index (κ3) is 3.55. The topological polar surface area (TPSA) is 65.7 Å². The molecule has 0 saturated carbocycles. The standard InChI is InChI=1S/C17H18O5/c1-4-20-16(19)17(2,3)22-13-7-5-12(6-8-13)15-10-9-14(11-18)21-15/h5-11H,4H2,1-3H3. The second-order valence-electron chi connectivity index (χ2n) is 5.18. The lowest BCUT2D eigenvalue weighted by Gasteiger charge is -2.24. The molecule has 0 bridgehead atoms. The van der Waals surface area contributed by atoms with Crippen LogP contribution in [-0.2, 0) is 9.53 Å². The van der Waals surface area contributed by atoms with E-state index in [1.54, 1.807) is 57.2 Å². The summed E-state index contributed by atoms with van der Waals surface area (Å²) >= 11 is 0.